The molecule has 3 N–H and O–H groups in total. The third-order valence-corrected chi connectivity index (χ3v) is 6.85. The van der Waals surface area contributed by atoms with Crippen LogP contribution in [0.4, 0.5) is 32.4 Å². The number of carbonyl (C=O) groups is 2. The van der Waals surface area contributed by atoms with Gasteiger partial charge in [0.2, 0.25) is 5.82 Å². The first-order valence-electron chi connectivity index (χ1n) is 12.6. The van der Waals surface area contributed by atoms with Crippen LogP contribution in [0, 0.1) is 17.6 Å². The van der Waals surface area contributed by atoms with Gasteiger partial charge in [0.05, 0.1) is 25.5 Å². The average Bonchev–Trinajstić information content (AvgIpc) is 3.15. The molecule has 1 aliphatic rings. The van der Waals surface area contributed by atoms with Gasteiger partial charge in [-0.05, 0) is 45.9 Å². The Hall–Kier alpha value is -3.52. The number of amides is 2. The lowest BCUT2D eigenvalue weighted by atomic mass is 9.77. The molecule has 1 saturated heterocycles. The molecule has 1 aromatic heterocycles. The van der Waals surface area contributed by atoms with Gasteiger partial charge >= 0.3 is 12.3 Å². The van der Waals surface area contributed by atoms with Crippen molar-refractivity contribution in [2.24, 2.45) is 5.92 Å². The van der Waals surface area contributed by atoms with E-state index < -0.39 is 77.4 Å². The molecule has 0 bridgehead atoms. The van der Waals surface area contributed by atoms with E-state index in [0.717, 1.165) is 26.2 Å². The molecule has 3 rings (SSSR count). The quantitative estimate of drug-likeness (QED) is 0.389. The van der Waals surface area contributed by atoms with Crippen LogP contribution in [-0.4, -0.2) is 59.3 Å². The summed E-state index contributed by atoms with van der Waals surface area (Å²) in [6, 6.07) is 3.38. The fraction of sp³-hybridized carbons (Fsp3) is 0.519. The topological polar surface area (TPSA) is 119 Å². The average molecular weight is 590 g/mol. The number of nitrogens with one attached hydrogen (secondary N) is 2. The van der Waals surface area contributed by atoms with E-state index in [2.05, 4.69) is 15.6 Å². The number of rotatable bonds is 7. The molecule has 9 nitrogen and oxygen atoms in total. The maximum absolute atomic E-state index is 14.5. The van der Waals surface area contributed by atoms with Crippen LogP contribution in [0.2, 0.25) is 0 Å². The zero-order chi connectivity index (χ0) is 30.9. The van der Waals surface area contributed by atoms with Crippen LogP contribution in [0.15, 0.2) is 30.5 Å². The number of hydrogen-bond acceptors (Lipinski definition) is 7. The molecule has 226 valence electrons. The second kappa shape index (κ2) is 11.8. The number of alkyl carbamates (subject to hydrolysis) is 1. The van der Waals surface area contributed by atoms with Crippen LogP contribution in [-0.2, 0) is 14.3 Å². The number of pyridine rings is 1. The number of hydrogen-bond donors (Lipinski definition) is 3. The number of aliphatic hydroxyl groups excluding tert-OH is 1. The number of carbonyl (C=O) groups excluding carboxylic acids is 2. The van der Waals surface area contributed by atoms with Crippen molar-refractivity contribution in [3.8, 4) is 5.75 Å². The van der Waals surface area contributed by atoms with Gasteiger partial charge in [0.25, 0.3) is 5.91 Å². The SMILES string of the molecule is COc1c([C@H]2[C@H](C(=O)Nc3ccnc(C(CO)NC(=O)OC(C)(C)C)c3)O[C@@](C)(C(F)(F)F)[C@H]2C)ccc(F)c1F. The number of benzene rings is 1. The second-order valence-corrected chi connectivity index (χ2v) is 10.8. The highest BCUT2D eigenvalue weighted by Crippen LogP contribution is 2.55. The van der Waals surface area contributed by atoms with E-state index in [-0.39, 0.29) is 16.9 Å². The van der Waals surface area contributed by atoms with Crippen molar-refractivity contribution >= 4 is 17.7 Å². The highest BCUT2D eigenvalue weighted by molar-refractivity contribution is 5.95. The van der Waals surface area contributed by atoms with Crippen molar-refractivity contribution in [1.29, 1.82) is 0 Å². The molecule has 2 amide bonds. The highest BCUT2D eigenvalue weighted by atomic mass is 19.4. The summed E-state index contributed by atoms with van der Waals surface area (Å²) in [6.07, 6.45) is -6.31. The second-order valence-electron chi connectivity index (χ2n) is 10.8. The number of nitrogens with zero attached hydrogens (tertiary/aromatic N) is 1. The van der Waals surface area contributed by atoms with Gasteiger partial charge in [-0.2, -0.15) is 17.6 Å². The summed E-state index contributed by atoms with van der Waals surface area (Å²) < 4.78 is 86.4. The minimum atomic E-state index is -4.92. The smallest absolute Gasteiger partial charge is 0.417 e. The van der Waals surface area contributed by atoms with E-state index in [1.807, 2.05) is 0 Å². The van der Waals surface area contributed by atoms with Gasteiger partial charge in [-0.3, -0.25) is 9.78 Å². The standard InChI is InChI=1S/C27H32F5N3O6/c1-13-19(15-7-8-16(28)20(29)21(15)39-6)22(40-26(13,5)27(30,31)32)23(37)34-14-9-10-33-17(11-14)18(12-36)35-24(38)41-25(2,3)4/h7-11,13,18-19,22,36H,12H2,1-6H3,(H,35,38)(H,33,34,37)/t13-,18?,19-,22+,26+/m0/s1. The van der Waals surface area contributed by atoms with Crippen LogP contribution in [0.5, 0.6) is 5.75 Å². The van der Waals surface area contributed by atoms with Crippen LogP contribution >= 0.6 is 0 Å². The number of aliphatic hydroxyl groups is 1. The number of halogens is 5. The van der Waals surface area contributed by atoms with Crippen molar-refractivity contribution in [3.05, 3.63) is 53.4 Å². The predicted molar refractivity (Wildman–Crippen MR) is 136 cm³/mol. The lowest BCUT2D eigenvalue weighted by Gasteiger charge is -2.32. The first-order valence-corrected chi connectivity index (χ1v) is 12.6. The first kappa shape index (κ1) is 32.0. The van der Waals surface area contributed by atoms with Gasteiger partial charge in [0.1, 0.15) is 11.7 Å². The zero-order valence-corrected chi connectivity index (χ0v) is 23.2. The number of methoxy groups -OCH3 is 1. The normalized spacial score (nSPS) is 23.6. The number of ether oxygens (including phenoxy) is 3. The van der Waals surface area contributed by atoms with Crippen molar-refractivity contribution in [1.82, 2.24) is 10.3 Å². The molecule has 5 atom stereocenters. The van der Waals surface area contributed by atoms with Crippen molar-refractivity contribution in [2.75, 3.05) is 19.0 Å². The molecule has 1 fully saturated rings. The Morgan fingerprint density at radius 2 is 1.85 bits per heavy atom. The minimum Gasteiger partial charge on any atom is -0.493 e. The van der Waals surface area contributed by atoms with Crippen molar-refractivity contribution < 1.29 is 50.9 Å². The molecule has 41 heavy (non-hydrogen) atoms. The van der Waals surface area contributed by atoms with Gasteiger partial charge in [0, 0.05) is 29.3 Å². The Bertz CT molecular complexity index is 1290. The Kier molecular flexibility index (Phi) is 9.18. The molecular weight excluding hydrogens is 557 g/mol. The van der Waals surface area contributed by atoms with Gasteiger partial charge in [-0.15, -0.1) is 0 Å². The van der Waals surface area contributed by atoms with E-state index in [4.69, 9.17) is 14.2 Å². The van der Waals surface area contributed by atoms with Gasteiger partial charge in [0.15, 0.2) is 17.2 Å². The summed E-state index contributed by atoms with van der Waals surface area (Å²) in [7, 11) is 1.03. The van der Waals surface area contributed by atoms with Crippen LogP contribution in [0.3, 0.4) is 0 Å². The summed E-state index contributed by atoms with van der Waals surface area (Å²) in [4.78, 5) is 29.7. The molecule has 0 saturated carbocycles. The molecule has 1 unspecified atom stereocenters. The van der Waals surface area contributed by atoms with Crippen molar-refractivity contribution in [2.45, 2.75) is 70.1 Å². The molecule has 14 heteroatoms. The van der Waals surface area contributed by atoms with E-state index in [1.165, 1.54) is 25.3 Å². The number of anilines is 1. The Balaban J connectivity index is 1.95. The van der Waals surface area contributed by atoms with E-state index >= 15 is 0 Å². The van der Waals surface area contributed by atoms with Gasteiger partial charge < -0.3 is 30.0 Å². The molecule has 2 aromatic rings. The maximum Gasteiger partial charge on any atom is 0.417 e. The van der Waals surface area contributed by atoms with E-state index in [9.17, 15) is 36.6 Å². The lowest BCUT2D eigenvalue weighted by Crippen LogP contribution is -2.47. The fourth-order valence-corrected chi connectivity index (χ4v) is 4.63. The van der Waals surface area contributed by atoms with E-state index in [0.29, 0.717) is 0 Å². The van der Waals surface area contributed by atoms with Gasteiger partial charge in [-0.25, -0.2) is 9.18 Å². The number of aromatic nitrogens is 1. The Morgan fingerprint density at radius 3 is 2.41 bits per heavy atom. The molecule has 1 aromatic carbocycles. The molecule has 0 radical (unpaired) electrons. The monoisotopic (exact) mass is 589 g/mol. The molecule has 1 aliphatic heterocycles. The highest BCUT2D eigenvalue weighted by Gasteiger charge is 2.66. The summed E-state index contributed by atoms with van der Waals surface area (Å²) in [5.74, 6) is -7.17. The van der Waals surface area contributed by atoms with Crippen molar-refractivity contribution in [3.63, 3.8) is 0 Å². The third kappa shape index (κ3) is 6.70. The maximum atomic E-state index is 14.5. The Labute approximate surface area is 233 Å². The summed E-state index contributed by atoms with van der Waals surface area (Å²) in [6.45, 7) is 6.33. The fourth-order valence-electron chi connectivity index (χ4n) is 4.63. The van der Waals surface area contributed by atoms with Crippen LogP contribution in [0.25, 0.3) is 0 Å². The minimum absolute atomic E-state index is 0.0531. The molecule has 0 spiro atoms. The number of alkyl halides is 3. The lowest BCUT2D eigenvalue weighted by molar-refractivity contribution is -0.272. The first-order chi connectivity index (χ1) is 18.9. The zero-order valence-electron chi connectivity index (χ0n) is 23.2. The summed E-state index contributed by atoms with van der Waals surface area (Å²) >= 11 is 0. The summed E-state index contributed by atoms with van der Waals surface area (Å²) in [5, 5.41) is 14.7. The van der Waals surface area contributed by atoms with Crippen LogP contribution in [0.1, 0.15) is 57.8 Å². The molecule has 2 heterocycles. The predicted octanol–water partition coefficient (Wildman–Crippen LogP) is 5.00. The summed E-state index contributed by atoms with van der Waals surface area (Å²) in [5.41, 5.74) is -3.65. The third-order valence-electron chi connectivity index (χ3n) is 6.85. The molecule has 0 aliphatic carbocycles. The Morgan fingerprint density at radius 1 is 1.20 bits per heavy atom. The van der Waals surface area contributed by atoms with Crippen LogP contribution < -0.4 is 15.4 Å². The molecular formula is C27H32F5N3O6. The largest absolute Gasteiger partial charge is 0.493 e. The van der Waals surface area contributed by atoms with E-state index in [1.54, 1.807) is 20.8 Å². The van der Waals surface area contributed by atoms with Gasteiger partial charge in [-0.1, -0.05) is 13.0 Å².